The van der Waals surface area contributed by atoms with Crippen molar-refractivity contribution in [2.45, 2.75) is 0 Å². The van der Waals surface area contributed by atoms with Crippen molar-refractivity contribution < 1.29 is 0 Å². The van der Waals surface area contributed by atoms with Gasteiger partial charge in [-0.25, -0.2) is 15.0 Å². The van der Waals surface area contributed by atoms with Crippen LogP contribution in [0.5, 0.6) is 0 Å². The van der Waals surface area contributed by atoms with Crippen molar-refractivity contribution >= 4 is 75.1 Å². The van der Waals surface area contributed by atoms with Crippen LogP contribution in [0.2, 0.25) is 0 Å². The first-order valence-electron chi connectivity index (χ1n) is 21.2. The average molecular weight is 822 g/mol. The van der Waals surface area contributed by atoms with Gasteiger partial charge in [-0.2, -0.15) is 0 Å². The molecular formula is C57H35N5S. The first kappa shape index (κ1) is 35.6. The summed E-state index contributed by atoms with van der Waals surface area (Å²) in [6.07, 6.45) is 0. The third-order valence-electron chi connectivity index (χ3n) is 12.3. The number of rotatable bonds is 6. The molecule has 63 heavy (non-hydrogen) atoms. The second-order valence-corrected chi connectivity index (χ2v) is 17.1. The highest BCUT2D eigenvalue weighted by molar-refractivity contribution is 7.26. The maximum absolute atomic E-state index is 5.28. The van der Waals surface area contributed by atoms with Crippen LogP contribution in [0.25, 0.3) is 120 Å². The molecule has 0 aliphatic heterocycles. The van der Waals surface area contributed by atoms with Crippen LogP contribution < -0.4 is 0 Å². The molecule has 0 radical (unpaired) electrons. The van der Waals surface area contributed by atoms with Crippen molar-refractivity contribution in [3.63, 3.8) is 0 Å². The lowest BCUT2D eigenvalue weighted by Crippen LogP contribution is -2.01. The molecule has 4 aromatic heterocycles. The van der Waals surface area contributed by atoms with Crippen LogP contribution in [-0.4, -0.2) is 24.1 Å². The van der Waals surface area contributed by atoms with E-state index in [1.54, 1.807) is 11.3 Å². The number of benzene rings is 9. The highest BCUT2D eigenvalue weighted by Crippen LogP contribution is 2.44. The van der Waals surface area contributed by atoms with Crippen molar-refractivity contribution in [3.8, 4) is 56.7 Å². The van der Waals surface area contributed by atoms with E-state index in [4.69, 9.17) is 15.0 Å². The van der Waals surface area contributed by atoms with E-state index in [0.29, 0.717) is 17.5 Å². The molecule has 6 heteroatoms. The number of nitrogens with zero attached hydrogens (tertiary/aromatic N) is 5. The zero-order valence-corrected chi connectivity index (χ0v) is 34.7. The van der Waals surface area contributed by atoms with E-state index in [1.165, 1.54) is 37.0 Å². The van der Waals surface area contributed by atoms with Crippen molar-refractivity contribution in [2.75, 3.05) is 0 Å². The fourth-order valence-electron chi connectivity index (χ4n) is 9.51. The second kappa shape index (κ2) is 14.2. The van der Waals surface area contributed by atoms with Crippen molar-refractivity contribution in [1.82, 2.24) is 24.1 Å². The Hall–Kier alpha value is -8.19. The molecule has 0 unspecified atom stereocenters. The standard InChI is InChI=1S/C57H35N5S/c1-3-17-36(18-4-1)55-58-56(37-19-5-2-6-20-37)60-57(59-55)48-34-39(33-47-46-25-11-16-30-53(46)63-54(47)48)38-31-40(61-49-26-12-7-21-42(49)43-22-8-13-27-50(43)61)35-41(32-38)62-51-28-14-9-23-44(51)45-24-10-15-29-52(45)62/h1-35H. The van der Waals surface area contributed by atoms with Gasteiger partial charge in [-0.05, 0) is 71.8 Å². The van der Waals surface area contributed by atoms with E-state index in [2.05, 4.69) is 185 Å². The Morgan fingerprint density at radius 1 is 0.302 bits per heavy atom. The van der Waals surface area contributed by atoms with Crippen LogP contribution in [0.4, 0.5) is 0 Å². The minimum Gasteiger partial charge on any atom is -0.309 e. The topological polar surface area (TPSA) is 48.5 Å². The minimum absolute atomic E-state index is 0.640. The van der Waals surface area contributed by atoms with E-state index in [0.717, 1.165) is 66.0 Å². The number of hydrogen-bond acceptors (Lipinski definition) is 4. The van der Waals surface area contributed by atoms with Gasteiger partial charge in [0.05, 0.1) is 22.1 Å². The van der Waals surface area contributed by atoms with E-state index >= 15 is 0 Å². The molecule has 0 bridgehead atoms. The number of para-hydroxylation sites is 4. The van der Waals surface area contributed by atoms with Gasteiger partial charge in [0.2, 0.25) is 0 Å². The molecule has 0 atom stereocenters. The van der Waals surface area contributed by atoms with Gasteiger partial charge in [-0.15, -0.1) is 11.3 Å². The Bertz CT molecular complexity index is 3620. The van der Waals surface area contributed by atoms with Gasteiger partial charge < -0.3 is 9.13 Å². The van der Waals surface area contributed by atoms with Gasteiger partial charge in [0.15, 0.2) is 17.5 Å². The quantitative estimate of drug-likeness (QED) is 0.168. The predicted octanol–water partition coefficient (Wildman–Crippen LogP) is 15.1. The first-order valence-corrected chi connectivity index (χ1v) is 22.0. The fourth-order valence-corrected chi connectivity index (χ4v) is 10.7. The molecule has 4 heterocycles. The largest absolute Gasteiger partial charge is 0.309 e. The molecule has 0 saturated carbocycles. The maximum atomic E-state index is 5.28. The zero-order chi connectivity index (χ0) is 41.4. The number of hydrogen-bond donors (Lipinski definition) is 0. The monoisotopic (exact) mass is 821 g/mol. The van der Waals surface area contributed by atoms with Crippen LogP contribution in [0, 0.1) is 0 Å². The first-order chi connectivity index (χ1) is 31.2. The summed E-state index contributed by atoms with van der Waals surface area (Å²) in [7, 11) is 0. The van der Waals surface area contributed by atoms with Crippen LogP contribution in [0.15, 0.2) is 212 Å². The molecule has 0 N–H and O–H groups in total. The molecule has 0 amide bonds. The second-order valence-electron chi connectivity index (χ2n) is 16.0. The zero-order valence-electron chi connectivity index (χ0n) is 33.9. The smallest absolute Gasteiger partial charge is 0.165 e. The Labute approximate surface area is 366 Å². The van der Waals surface area contributed by atoms with Crippen molar-refractivity contribution in [1.29, 1.82) is 0 Å². The lowest BCUT2D eigenvalue weighted by Gasteiger charge is -2.17. The Kier molecular flexibility index (Phi) is 8.01. The molecule has 0 aliphatic rings. The highest BCUT2D eigenvalue weighted by atomic mass is 32.1. The molecule has 0 spiro atoms. The fraction of sp³-hybridized carbons (Fsp3) is 0. The van der Waals surface area contributed by atoms with Gasteiger partial charge in [0, 0.05) is 69.8 Å². The van der Waals surface area contributed by atoms with Crippen LogP contribution in [0.1, 0.15) is 0 Å². The van der Waals surface area contributed by atoms with Crippen LogP contribution in [0.3, 0.4) is 0 Å². The third kappa shape index (κ3) is 5.73. The summed E-state index contributed by atoms with van der Waals surface area (Å²) >= 11 is 1.79. The van der Waals surface area contributed by atoms with Crippen molar-refractivity contribution in [3.05, 3.63) is 212 Å². The summed E-state index contributed by atoms with van der Waals surface area (Å²) in [6.45, 7) is 0. The van der Waals surface area contributed by atoms with Crippen molar-refractivity contribution in [2.24, 2.45) is 0 Å². The molecule has 294 valence electrons. The average Bonchev–Trinajstić information content (AvgIpc) is 4.02. The van der Waals surface area contributed by atoms with E-state index in [1.807, 2.05) is 36.4 Å². The predicted molar refractivity (Wildman–Crippen MR) is 263 cm³/mol. The SMILES string of the molecule is c1ccc(-c2nc(-c3ccccc3)nc(-c3cc(-c4cc(-n5c6ccccc6c6ccccc65)cc(-n5c6ccccc6c6ccccc65)c4)cc4c3sc3ccccc34)n2)cc1. The molecule has 0 fully saturated rings. The normalized spacial score (nSPS) is 11.8. The summed E-state index contributed by atoms with van der Waals surface area (Å²) in [6, 6.07) is 75.8. The lowest BCUT2D eigenvalue weighted by molar-refractivity contribution is 1.08. The van der Waals surface area contributed by atoms with Gasteiger partial charge in [-0.1, -0.05) is 152 Å². The Morgan fingerprint density at radius 2 is 0.698 bits per heavy atom. The Morgan fingerprint density at radius 3 is 1.19 bits per heavy atom. The third-order valence-corrected chi connectivity index (χ3v) is 13.6. The molecule has 13 aromatic rings. The summed E-state index contributed by atoms with van der Waals surface area (Å²) < 4.78 is 7.21. The molecule has 13 rings (SSSR count). The van der Waals surface area contributed by atoms with Gasteiger partial charge in [-0.3, -0.25) is 0 Å². The molecule has 0 saturated heterocycles. The van der Waals surface area contributed by atoms with Gasteiger partial charge in [0.1, 0.15) is 0 Å². The Balaban J connectivity index is 1.13. The highest BCUT2D eigenvalue weighted by Gasteiger charge is 2.21. The molecule has 9 aromatic carbocycles. The molecule has 0 aliphatic carbocycles. The van der Waals surface area contributed by atoms with Crippen LogP contribution >= 0.6 is 11.3 Å². The summed E-state index contributed by atoms with van der Waals surface area (Å²) in [5.41, 5.74) is 11.8. The van der Waals surface area contributed by atoms with E-state index in [-0.39, 0.29) is 0 Å². The number of thiophene rings is 1. The van der Waals surface area contributed by atoms with E-state index < -0.39 is 0 Å². The van der Waals surface area contributed by atoms with E-state index in [9.17, 15) is 0 Å². The van der Waals surface area contributed by atoms with Crippen LogP contribution in [-0.2, 0) is 0 Å². The molecule has 5 nitrogen and oxygen atoms in total. The van der Waals surface area contributed by atoms with Gasteiger partial charge in [0.25, 0.3) is 0 Å². The summed E-state index contributed by atoms with van der Waals surface area (Å²) in [4.78, 5) is 15.6. The minimum atomic E-state index is 0.640. The maximum Gasteiger partial charge on any atom is 0.165 e. The number of fused-ring (bicyclic) bond motifs is 9. The summed E-state index contributed by atoms with van der Waals surface area (Å²) in [5, 5.41) is 7.29. The summed E-state index contributed by atoms with van der Waals surface area (Å²) in [5.74, 6) is 1.92. The lowest BCUT2D eigenvalue weighted by atomic mass is 9.98. The molecular weight excluding hydrogens is 787 g/mol. The van der Waals surface area contributed by atoms with Gasteiger partial charge >= 0.3 is 0 Å². The number of aromatic nitrogens is 5.